The van der Waals surface area contributed by atoms with Gasteiger partial charge in [-0.1, -0.05) is 43.1 Å². The molecule has 0 aromatic heterocycles. The highest BCUT2D eigenvalue weighted by atomic mass is 35.5. The van der Waals surface area contributed by atoms with Gasteiger partial charge in [0.25, 0.3) is 0 Å². The maximum absolute atomic E-state index is 12.1. The van der Waals surface area contributed by atoms with Crippen LogP contribution < -0.4 is 0 Å². The molecule has 1 amide bonds. The van der Waals surface area contributed by atoms with Gasteiger partial charge in [-0.15, -0.1) is 0 Å². The lowest BCUT2D eigenvalue weighted by atomic mass is 10.1. The zero-order valence-electron chi connectivity index (χ0n) is 12.6. The van der Waals surface area contributed by atoms with Gasteiger partial charge in [-0.25, -0.2) is 0 Å². The zero-order chi connectivity index (χ0) is 15.4. The van der Waals surface area contributed by atoms with Crippen LogP contribution in [0.15, 0.2) is 18.2 Å². The van der Waals surface area contributed by atoms with E-state index in [-0.39, 0.29) is 5.91 Å². The number of likely N-dealkylation sites (N-methyl/N-ethyl adjacent to an activating group) is 1. The predicted octanol–water partition coefficient (Wildman–Crippen LogP) is 3.83. The molecular weight excluding hydrogens is 307 g/mol. The molecule has 0 radical (unpaired) electrons. The van der Waals surface area contributed by atoms with Gasteiger partial charge in [0.15, 0.2) is 0 Å². The van der Waals surface area contributed by atoms with Gasteiger partial charge in [-0.05, 0) is 37.2 Å². The van der Waals surface area contributed by atoms with Gasteiger partial charge in [-0.3, -0.25) is 4.79 Å². The number of carbonyl (C=O) groups excluding carboxylic acids is 1. The molecular formula is C16H22Cl2N2O. The third kappa shape index (κ3) is 4.12. The van der Waals surface area contributed by atoms with Gasteiger partial charge >= 0.3 is 0 Å². The first-order chi connectivity index (χ1) is 10.0. The first kappa shape index (κ1) is 16.6. The summed E-state index contributed by atoms with van der Waals surface area (Å²) in [5.74, 6) is 0.234. The lowest BCUT2D eigenvalue weighted by molar-refractivity contribution is -0.129. The Morgan fingerprint density at radius 3 is 2.57 bits per heavy atom. The number of hydrogen-bond donors (Lipinski definition) is 0. The molecule has 1 fully saturated rings. The Morgan fingerprint density at radius 1 is 1.24 bits per heavy atom. The maximum Gasteiger partial charge on any atom is 0.223 e. The lowest BCUT2D eigenvalue weighted by Gasteiger charge is -2.29. The summed E-state index contributed by atoms with van der Waals surface area (Å²) in [4.78, 5) is 16.5. The second-order valence-corrected chi connectivity index (χ2v) is 6.26. The minimum Gasteiger partial charge on any atom is -0.334 e. The van der Waals surface area contributed by atoms with Crippen molar-refractivity contribution in [3.8, 4) is 0 Å². The van der Waals surface area contributed by atoms with Crippen LogP contribution in [0.25, 0.3) is 0 Å². The van der Waals surface area contributed by atoms with E-state index in [1.165, 1.54) is 0 Å². The van der Waals surface area contributed by atoms with E-state index in [0.717, 1.165) is 31.6 Å². The highest BCUT2D eigenvalue weighted by Gasteiger charge is 2.31. The highest BCUT2D eigenvalue weighted by Crippen LogP contribution is 2.26. The molecule has 3 nitrogen and oxygen atoms in total. The maximum atomic E-state index is 12.1. The van der Waals surface area contributed by atoms with Crippen molar-refractivity contribution < 1.29 is 4.79 Å². The van der Waals surface area contributed by atoms with Gasteiger partial charge < -0.3 is 9.80 Å². The first-order valence-corrected chi connectivity index (χ1v) is 8.26. The Hall–Kier alpha value is -0.770. The molecule has 0 saturated carbocycles. The summed E-state index contributed by atoms with van der Waals surface area (Å²) in [7, 11) is 0. The van der Waals surface area contributed by atoms with Gasteiger partial charge in [0.05, 0.1) is 10.0 Å². The number of likely N-dealkylation sites (tertiary alicyclic amines) is 1. The van der Waals surface area contributed by atoms with E-state index < -0.39 is 0 Å². The smallest absolute Gasteiger partial charge is 0.223 e. The molecule has 0 aliphatic carbocycles. The van der Waals surface area contributed by atoms with E-state index in [2.05, 4.69) is 18.7 Å². The molecule has 1 saturated heterocycles. The first-order valence-electron chi connectivity index (χ1n) is 7.50. The van der Waals surface area contributed by atoms with E-state index in [4.69, 9.17) is 23.2 Å². The molecule has 1 heterocycles. The quantitative estimate of drug-likeness (QED) is 0.792. The topological polar surface area (TPSA) is 23.6 Å². The number of carbonyl (C=O) groups is 1. The summed E-state index contributed by atoms with van der Waals surface area (Å²) in [6, 6.07) is 5.88. The van der Waals surface area contributed by atoms with Gasteiger partial charge in [0.1, 0.15) is 0 Å². The van der Waals surface area contributed by atoms with Crippen molar-refractivity contribution in [3.05, 3.63) is 33.8 Å². The standard InChI is InChI=1S/C16H22Cl2N2O/c1-3-19(4-2)11-13-6-8-16(21)20(13)10-12-5-7-14(17)15(18)9-12/h5,7,9,13H,3-4,6,8,10-11H2,1-2H3. The molecule has 0 N–H and O–H groups in total. The van der Waals surface area contributed by atoms with Crippen molar-refractivity contribution in [2.75, 3.05) is 19.6 Å². The largest absolute Gasteiger partial charge is 0.334 e. The van der Waals surface area contributed by atoms with Crippen LogP contribution in [0.4, 0.5) is 0 Å². The summed E-state index contributed by atoms with van der Waals surface area (Å²) < 4.78 is 0. The number of hydrogen-bond acceptors (Lipinski definition) is 2. The fourth-order valence-corrected chi connectivity index (χ4v) is 3.14. The normalized spacial score (nSPS) is 18.8. The average Bonchev–Trinajstić information content (AvgIpc) is 2.81. The van der Waals surface area contributed by atoms with Crippen LogP contribution in [0.2, 0.25) is 10.0 Å². The number of amides is 1. The minimum atomic E-state index is 0.234. The van der Waals surface area contributed by atoms with E-state index in [9.17, 15) is 4.79 Å². The summed E-state index contributed by atoms with van der Waals surface area (Å²) >= 11 is 12.0. The van der Waals surface area contributed by atoms with E-state index >= 15 is 0 Å². The molecule has 116 valence electrons. The molecule has 0 spiro atoms. The zero-order valence-corrected chi connectivity index (χ0v) is 14.1. The monoisotopic (exact) mass is 328 g/mol. The van der Waals surface area contributed by atoms with Crippen molar-refractivity contribution in [2.45, 2.75) is 39.3 Å². The van der Waals surface area contributed by atoms with Crippen molar-refractivity contribution in [3.63, 3.8) is 0 Å². The van der Waals surface area contributed by atoms with Gasteiger partial charge in [0, 0.05) is 25.6 Å². The molecule has 1 aromatic carbocycles. The molecule has 1 aliphatic rings. The lowest BCUT2D eigenvalue weighted by Crippen LogP contribution is -2.41. The van der Waals surface area contributed by atoms with Crippen LogP contribution in [0.3, 0.4) is 0 Å². The molecule has 1 unspecified atom stereocenters. The fraction of sp³-hybridized carbons (Fsp3) is 0.562. The SMILES string of the molecule is CCN(CC)CC1CCC(=O)N1Cc1ccc(Cl)c(Cl)c1. The Labute approximate surface area is 136 Å². The van der Waals surface area contributed by atoms with Crippen LogP contribution in [-0.2, 0) is 11.3 Å². The van der Waals surface area contributed by atoms with Crippen molar-refractivity contribution in [1.82, 2.24) is 9.80 Å². The summed E-state index contributed by atoms with van der Waals surface area (Å²) in [5.41, 5.74) is 1.03. The van der Waals surface area contributed by atoms with E-state index in [1.54, 1.807) is 6.07 Å². The highest BCUT2D eigenvalue weighted by molar-refractivity contribution is 6.42. The molecule has 1 aliphatic heterocycles. The predicted molar refractivity (Wildman–Crippen MR) is 87.8 cm³/mol. The number of benzene rings is 1. The van der Waals surface area contributed by atoms with Crippen LogP contribution in [0.5, 0.6) is 0 Å². The third-order valence-corrected chi connectivity index (χ3v) is 4.89. The molecule has 2 rings (SSSR count). The number of halogens is 2. The fourth-order valence-electron chi connectivity index (χ4n) is 2.81. The Balaban J connectivity index is 2.07. The van der Waals surface area contributed by atoms with Crippen LogP contribution in [0.1, 0.15) is 32.3 Å². The summed E-state index contributed by atoms with van der Waals surface area (Å²) in [6.07, 6.45) is 1.59. The Bertz CT molecular complexity index is 503. The molecule has 1 atom stereocenters. The molecule has 0 bridgehead atoms. The van der Waals surface area contributed by atoms with Crippen LogP contribution in [-0.4, -0.2) is 41.4 Å². The van der Waals surface area contributed by atoms with E-state index in [1.807, 2.05) is 17.0 Å². The van der Waals surface area contributed by atoms with Crippen molar-refractivity contribution in [2.24, 2.45) is 0 Å². The molecule has 5 heteroatoms. The Morgan fingerprint density at radius 2 is 1.95 bits per heavy atom. The van der Waals surface area contributed by atoms with Crippen LogP contribution >= 0.6 is 23.2 Å². The Kier molecular flexibility index (Phi) is 5.91. The van der Waals surface area contributed by atoms with E-state index in [0.29, 0.717) is 29.1 Å². The average molecular weight is 329 g/mol. The third-order valence-electron chi connectivity index (χ3n) is 4.15. The second kappa shape index (κ2) is 7.48. The second-order valence-electron chi connectivity index (χ2n) is 5.45. The van der Waals surface area contributed by atoms with Crippen molar-refractivity contribution in [1.29, 1.82) is 0 Å². The van der Waals surface area contributed by atoms with Gasteiger partial charge in [-0.2, -0.15) is 0 Å². The molecule has 1 aromatic rings. The summed E-state index contributed by atoms with van der Waals surface area (Å²) in [5, 5.41) is 1.09. The number of rotatable bonds is 6. The van der Waals surface area contributed by atoms with Crippen LogP contribution in [0, 0.1) is 0 Å². The van der Waals surface area contributed by atoms with Gasteiger partial charge in [0.2, 0.25) is 5.91 Å². The number of nitrogens with zero attached hydrogens (tertiary/aromatic N) is 2. The van der Waals surface area contributed by atoms with Crippen molar-refractivity contribution >= 4 is 29.1 Å². The summed E-state index contributed by atoms with van der Waals surface area (Å²) in [6.45, 7) is 7.90. The molecule has 21 heavy (non-hydrogen) atoms. The minimum absolute atomic E-state index is 0.234.